The molecule has 10 heteroatoms. The molecule has 0 saturated heterocycles. The minimum absolute atomic E-state index is 0.0144. The summed E-state index contributed by atoms with van der Waals surface area (Å²) in [4.78, 5) is 40.3. The summed E-state index contributed by atoms with van der Waals surface area (Å²) in [6.45, 7) is 0.275. The van der Waals surface area contributed by atoms with Gasteiger partial charge in [-0.2, -0.15) is 0 Å². The molecule has 0 unspecified atom stereocenters. The SMILES string of the molecule is Cn1c(=O)c2c(ncn2CCCC(=O)Nc2c(F)cccc2F)n(C)c1=O. The normalized spacial score (nSPS) is 11.1. The number of anilines is 1. The second kappa shape index (κ2) is 7.14. The molecule has 2 aromatic heterocycles. The number of carbonyl (C=O) groups is 1. The van der Waals surface area contributed by atoms with Gasteiger partial charge in [0.25, 0.3) is 5.56 Å². The number of para-hydroxylation sites is 1. The molecule has 27 heavy (non-hydrogen) atoms. The number of nitrogens with zero attached hydrogens (tertiary/aromatic N) is 4. The van der Waals surface area contributed by atoms with E-state index in [1.807, 2.05) is 0 Å². The van der Waals surface area contributed by atoms with Crippen molar-refractivity contribution in [2.75, 3.05) is 5.32 Å². The Hall–Kier alpha value is -3.30. The molecule has 2 heterocycles. The monoisotopic (exact) mass is 377 g/mol. The smallest absolute Gasteiger partial charge is 0.325 e. The van der Waals surface area contributed by atoms with E-state index in [0.29, 0.717) is 6.42 Å². The number of amides is 1. The van der Waals surface area contributed by atoms with Crippen LogP contribution in [0.5, 0.6) is 0 Å². The molecule has 0 radical (unpaired) electrons. The van der Waals surface area contributed by atoms with Crippen LogP contribution in [0.25, 0.3) is 11.2 Å². The fourth-order valence-corrected chi connectivity index (χ4v) is 2.80. The summed E-state index contributed by atoms with van der Waals surface area (Å²) in [5, 5.41) is 2.21. The number of hydrogen-bond donors (Lipinski definition) is 1. The van der Waals surface area contributed by atoms with E-state index in [2.05, 4.69) is 10.3 Å². The van der Waals surface area contributed by atoms with Crippen molar-refractivity contribution in [3.05, 3.63) is 57.0 Å². The lowest BCUT2D eigenvalue weighted by molar-refractivity contribution is -0.116. The summed E-state index contributed by atoms with van der Waals surface area (Å²) >= 11 is 0. The summed E-state index contributed by atoms with van der Waals surface area (Å²) in [7, 11) is 2.88. The van der Waals surface area contributed by atoms with Crippen LogP contribution in [0.2, 0.25) is 0 Å². The first-order valence-electron chi connectivity index (χ1n) is 8.16. The highest BCUT2D eigenvalue weighted by Crippen LogP contribution is 2.18. The molecule has 0 aliphatic carbocycles. The number of aryl methyl sites for hydroxylation is 2. The molecule has 142 valence electrons. The summed E-state index contributed by atoms with van der Waals surface area (Å²) < 4.78 is 30.9. The predicted octanol–water partition coefficient (Wildman–Crippen LogP) is 1.13. The first-order chi connectivity index (χ1) is 12.8. The van der Waals surface area contributed by atoms with Crippen LogP contribution in [-0.4, -0.2) is 24.6 Å². The van der Waals surface area contributed by atoms with Gasteiger partial charge in [0.2, 0.25) is 5.91 Å². The van der Waals surface area contributed by atoms with Gasteiger partial charge in [0.05, 0.1) is 6.33 Å². The molecular weight excluding hydrogens is 360 g/mol. The van der Waals surface area contributed by atoms with Gasteiger partial charge in [-0.3, -0.25) is 18.7 Å². The number of fused-ring (bicyclic) bond motifs is 1. The minimum atomic E-state index is -0.853. The summed E-state index contributed by atoms with van der Waals surface area (Å²) in [5.74, 6) is -2.26. The molecule has 1 aromatic carbocycles. The molecule has 0 spiro atoms. The van der Waals surface area contributed by atoms with Crippen LogP contribution in [0.1, 0.15) is 12.8 Å². The molecular formula is C17H17F2N5O3. The molecule has 3 rings (SSSR count). The van der Waals surface area contributed by atoms with Gasteiger partial charge in [-0.15, -0.1) is 0 Å². The Kier molecular flexibility index (Phi) is 4.89. The number of carbonyl (C=O) groups excluding carboxylic acids is 1. The van der Waals surface area contributed by atoms with E-state index in [-0.39, 0.29) is 24.1 Å². The molecule has 0 fully saturated rings. The molecule has 0 bridgehead atoms. The third kappa shape index (κ3) is 3.37. The van der Waals surface area contributed by atoms with Crippen molar-refractivity contribution in [2.45, 2.75) is 19.4 Å². The van der Waals surface area contributed by atoms with Crippen molar-refractivity contribution in [3.63, 3.8) is 0 Å². The maximum absolute atomic E-state index is 13.6. The van der Waals surface area contributed by atoms with Crippen molar-refractivity contribution in [1.82, 2.24) is 18.7 Å². The molecule has 0 aliphatic heterocycles. The molecule has 0 atom stereocenters. The predicted molar refractivity (Wildman–Crippen MR) is 94.4 cm³/mol. The summed E-state index contributed by atoms with van der Waals surface area (Å²) in [6, 6.07) is 3.31. The maximum Gasteiger partial charge on any atom is 0.332 e. The van der Waals surface area contributed by atoms with Crippen LogP contribution < -0.4 is 16.6 Å². The highest BCUT2D eigenvalue weighted by molar-refractivity contribution is 5.90. The Morgan fingerprint density at radius 1 is 1.15 bits per heavy atom. The van der Waals surface area contributed by atoms with Gasteiger partial charge in [0.15, 0.2) is 11.2 Å². The Morgan fingerprint density at radius 2 is 1.81 bits per heavy atom. The van der Waals surface area contributed by atoms with E-state index in [0.717, 1.165) is 16.7 Å². The molecule has 0 aliphatic rings. The first kappa shape index (κ1) is 18.5. The zero-order valence-corrected chi connectivity index (χ0v) is 14.7. The van der Waals surface area contributed by atoms with Crippen molar-refractivity contribution in [2.24, 2.45) is 14.1 Å². The van der Waals surface area contributed by atoms with E-state index in [4.69, 9.17) is 0 Å². The van der Waals surface area contributed by atoms with Gasteiger partial charge in [-0.1, -0.05) is 6.07 Å². The van der Waals surface area contributed by atoms with E-state index in [1.165, 1.54) is 31.1 Å². The van der Waals surface area contributed by atoms with E-state index in [1.54, 1.807) is 4.57 Å². The first-order valence-corrected chi connectivity index (χ1v) is 8.16. The van der Waals surface area contributed by atoms with Gasteiger partial charge in [0.1, 0.15) is 17.3 Å². The number of rotatable bonds is 5. The van der Waals surface area contributed by atoms with Crippen LogP contribution in [0.3, 0.4) is 0 Å². The molecule has 1 amide bonds. The Labute approximate surface area is 151 Å². The van der Waals surface area contributed by atoms with Crippen molar-refractivity contribution in [3.8, 4) is 0 Å². The second-order valence-electron chi connectivity index (χ2n) is 6.06. The van der Waals surface area contributed by atoms with Gasteiger partial charge in [-0.25, -0.2) is 18.6 Å². The van der Waals surface area contributed by atoms with Crippen molar-refractivity contribution in [1.29, 1.82) is 0 Å². The van der Waals surface area contributed by atoms with Crippen LogP contribution in [0.15, 0.2) is 34.1 Å². The zero-order chi connectivity index (χ0) is 19.7. The summed E-state index contributed by atoms with van der Waals surface area (Å²) in [5.41, 5.74) is -0.951. The number of aromatic nitrogens is 4. The topological polar surface area (TPSA) is 90.9 Å². The largest absolute Gasteiger partial charge is 0.332 e. The van der Waals surface area contributed by atoms with Crippen LogP contribution in [0.4, 0.5) is 14.5 Å². The van der Waals surface area contributed by atoms with E-state index < -0.39 is 34.5 Å². The lowest BCUT2D eigenvalue weighted by atomic mass is 10.2. The average molecular weight is 377 g/mol. The van der Waals surface area contributed by atoms with Crippen LogP contribution in [-0.2, 0) is 25.4 Å². The van der Waals surface area contributed by atoms with Gasteiger partial charge < -0.3 is 9.88 Å². The highest BCUT2D eigenvalue weighted by Gasteiger charge is 2.15. The second-order valence-corrected chi connectivity index (χ2v) is 6.06. The Morgan fingerprint density at radius 3 is 2.48 bits per heavy atom. The van der Waals surface area contributed by atoms with E-state index >= 15 is 0 Å². The highest BCUT2D eigenvalue weighted by atomic mass is 19.1. The standard InChI is InChI=1S/C17H17F2N5O3/c1-22-15-14(16(26)23(2)17(22)27)24(9-20-15)8-4-7-12(25)21-13-10(18)5-3-6-11(13)19/h3,5-6,9H,4,7-8H2,1-2H3,(H,21,25). The molecule has 1 N–H and O–H groups in total. The van der Waals surface area contributed by atoms with Gasteiger partial charge in [0, 0.05) is 27.1 Å². The van der Waals surface area contributed by atoms with Crippen LogP contribution in [0, 0.1) is 11.6 Å². The quantitative estimate of drug-likeness (QED) is 0.722. The number of hydrogen-bond acceptors (Lipinski definition) is 4. The average Bonchev–Trinajstić information content (AvgIpc) is 3.05. The molecule has 0 saturated carbocycles. The third-order valence-electron chi connectivity index (χ3n) is 4.25. The Balaban J connectivity index is 1.72. The lowest BCUT2D eigenvalue weighted by Crippen LogP contribution is -2.37. The summed E-state index contributed by atoms with van der Waals surface area (Å²) in [6.07, 6.45) is 1.71. The lowest BCUT2D eigenvalue weighted by Gasteiger charge is -2.08. The molecule has 8 nitrogen and oxygen atoms in total. The number of halogens is 2. The maximum atomic E-state index is 13.6. The van der Waals surface area contributed by atoms with Gasteiger partial charge in [-0.05, 0) is 18.6 Å². The van der Waals surface area contributed by atoms with Gasteiger partial charge >= 0.3 is 5.69 Å². The Bertz CT molecular complexity index is 1130. The number of benzene rings is 1. The molecule has 3 aromatic rings. The van der Waals surface area contributed by atoms with E-state index in [9.17, 15) is 23.2 Å². The zero-order valence-electron chi connectivity index (χ0n) is 14.7. The third-order valence-corrected chi connectivity index (χ3v) is 4.25. The number of imidazole rings is 1. The number of nitrogens with one attached hydrogen (secondary N) is 1. The fraction of sp³-hybridized carbons (Fsp3) is 0.294. The minimum Gasteiger partial charge on any atom is -0.325 e. The van der Waals surface area contributed by atoms with Crippen molar-refractivity contribution >= 4 is 22.8 Å². The van der Waals surface area contributed by atoms with Crippen LogP contribution >= 0.6 is 0 Å². The fourth-order valence-electron chi connectivity index (χ4n) is 2.80. The van der Waals surface area contributed by atoms with Crippen molar-refractivity contribution < 1.29 is 13.6 Å².